The van der Waals surface area contributed by atoms with Gasteiger partial charge in [0.2, 0.25) is 0 Å². The van der Waals surface area contributed by atoms with Crippen LogP contribution in [0.15, 0.2) is 46.9 Å². The van der Waals surface area contributed by atoms with Gasteiger partial charge in [0.25, 0.3) is 5.91 Å². The summed E-state index contributed by atoms with van der Waals surface area (Å²) >= 11 is 3.37. The quantitative estimate of drug-likeness (QED) is 0.848. The molecule has 2 aromatic carbocycles. The molecule has 0 saturated heterocycles. The fourth-order valence-electron chi connectivity index (χ4n) is 2.29. The smallest absolute Gasteiger partial charge is 0.251 e. The van der Waals surface area contributed by atoms with E-state index in [0.29, 0.717) is 12.1 Å². The van der Waals surface area contributed by atoms with Gasteiger partial charge in [-0.25, -0.2) is 0 Å². The second-order valence-electron chi connectivity index (χ2n) is 5.00. The molecule has 1 amide bonds. The highest BCUT2D eigenvalue weighted by molar-refractivity contribution is 9.10. The first-order chi connectivity index (χ1) is 10.1. The highest BCUT2D eigenvalue weighted by Gasteiger charge is 2.07. The van der Waals surface area contributed by atoms with Crippen LogP contribution >= 0.6 is 15.9 Å². The third-order valence-electron chi connectivity index (χ3n) is 3.61. The first kappa shape index (κ1) is 15.8. The maximum Gasteiger partial charge on any atom is 0.251 e. The van der Waals surface area contributed by atoms with Crippen molar-refractivity contribution in [3.63, 3.8) is 0 Å². The molecular weight excluding hydrogens is 326 g/mol. The van der Waals surface area contributed by atoms with Gasteiger partial charge in [-0.05, 0) is 53.8 Å². The van der Waals surface area contributed by atoms with Gasteiger partial charge >= 0.3 is 0 Å². The predicted octanol–water partition coefficient (Wildman–Crippen LogP) is 4.50. The summed E-state index contributed by atoms with van der Waals surface area (Å²) in [5.41, 5.74) is 4.49. The van der Waals surface area contributed by atoms with Crippen LogP contribution in [0.1, 0.15) is 40.9 Å². The number of hydrogen-bond acceptors (Lipinski definition) is 1. The molecule has 0 spiro atoms. The van der Waals surface area contributed by atoms with Crippen molar-refractivity contribution in [3.05, 3.63) is 69.2 Å². The zero-order chi connectivity index (χ0) is 15.2. The van der Waals surface area contributed by atoms with E-state index in [1.807, 2.05) is 24.3 Å². The fourth-order valence-corrected chi connectivity index (χ4v) is 2.55. The van der Waals surface area contributed by atoms with Gasteiger partial charge < -0.3 is 5.32 Å². The summed E-state index contributed by atoms with van der Waals surface area (Å²) in [4.78, 5) is 12.2. The zero-order valence-corrected chi connectivity index (χ0v) is 14.0. The molecule has 0 aromatic heterocycles. The molecule has 0 heterocycles. The molecule has 1 N–H and O–H groups in total. The van der Waals surface area contributed by atoms with Gasteiger partial charge in [-0.2, -0.15) is 0 Å². The number of nitrogens with one attached hydrogen (secondary N) is 1. The monoisotopic (exact) mass is 345 g/mol. The number of carbonyl (C=O) groups is 1. The lowest BCUT2D eigenvalue weighted by Gasteiger charge is -2.11. The molecule has 21 heavy (non-hydrogen) atoms. The predicted molar refractivity (Wildman–Crippen MR) is 90.5 cm³/mol. The molecule has 2 nitrogen and oxygen atoms in total. The Morgan fingerprint density at radius 2 is 1.71 bits per heavy atom. The summed E-state index contributed by atoms with van der Waals surface area (Å²) in [7, 11) is 0. The molecule has 0 unspecified atom stereocenters. The summed E-state index contributed by atoms with van der Waals surface area (Å²) in [5.74, 6) is -0.0357. The Hall–Kier alpha value is -1.61. The van der Waals surface area contributed by atoms with Gasteiger partial charge in [0.15, 0.2) is 0 Å². The summed E-state index contributed by atoms with van der Waals surface area (Å²) in [5, 5.41) is 3.01. The first-order valence-corrected chi connectivity index (χ1v) is 8.07. The number of amides is 1. The third kappa shape index (κ3) is 4.18. The minimum atomic E-state index is -0.0357. The van der Waals surface area contributed by atoms with Crippen molar-refractivity contribution in [1.82, 2.24) is 5.32 Å². The maximum absolute atomic E-state index is 12.2. The summed E-state index contributed by atoms with van der Waals surface area (Å²) in [6.45, 7) is 4.86. The topological polar surface area (TPSA) is 29.1 Å². The summed E-state index contributed by atoms with van der Waals surface area (Å²) in [6.07, 6.45) is 1.99. The molecule has 0 atom stereocenters. The van der Waals surface area contributed by atoms with Gasteiger partial charge in [-0.3, -0.25) is 4.79 Å². The Morgan fingerprint density at radius 1 is 1.00 bits per heavy atom. The normalized spacial score (nSPS) is 10.4. The van der Waals surface area contributed by atoms with Gasteiger partial charge in [0.05, 0.1) is 0 Å². The van der Waals surface area contributed by atoms with Crippen LogP contribution in [-0.4, -0.2) is 5.91 Å². The van der Waals surface area contributed by atoms with Crippen LogP contribution in [0.2, 0.25) is 0 Å². The van der Waals surface area contributed by atoms with Gasteiger partial charge in [-0.15, -0.1) is 0 Å². The van der Waals surface area contributed by atoms with Crippen LogP contribution in [0.4, 0.5) is 0 Å². The lowest BCUT2D eigenvalue weighted by molar-refractivity contribution is 0.0951. The highest BCUT2D eigenvalue weighted by Crippen LogP contribution is 2.14. The standard InChI is InChI=1S/C18H20BrNO/c1-3-13-5-6-14(4-2)16(11-13)12-20-18(21)15-7-9-17(19)10-8-15/h5-11H,3-4,12H2,1-2H3,(H,20,21). The van der Waals surface area contributed by atoms with Crippen molar-refractivity contribution in [2.45, 2.75) is 33.2 Å². The van der Waals surface area contributed by atoms with Crippen LogP contribution in [0.25, 0.3) is 0 Å². The molecule has 0 aliphatic rings. The third-order valence-corrected chi connectivity index (χ3v) is 4.13. The zero-order valence-electron chi connectivity index (χ0n) is 12.4. The number of rotatable bonds is 5. The number of benzene rings is 2. The molecule has 3 heteroatoms. The van der Waals surface area contributed by atoms with Crippen molar-refractivity contribution < 1.29 is 4.79 Å². The van der Waals surface area contributed by atoms with Crippen molar-refractivity contribution in [3.8, 4) is 0 Å². The number of hydrogen-bond donors (Lipinski definition) is 1. The van der Waals surface area contributed by atoms with E-state index in [4.69, 9.17) is 0 Å². The van der Waals surface area contributed by atoms with Gasteiger partial charge in [0, 0.05) is 16.6 Å². The lowest BCUT2D eigenvalue weighted by Crippen LogP contribution is -2.23. The second-order valence-corrected chi connectivity index (χ2v) is 5.92. The van der Waals surface area contributed by atoms with E-state index < -0.39 is 0 Å². The fraction of sp³-hybridized carbons (Fsp3) is 0.278. The second kappa shape index (κ2) is 7.41. The molecule has 0 aliphatic heterocycles. The molecule has 0 fully saturated rings. The maximum atomic E-state index is 12.2. The highest BCUT2D eigenvalue weighted by atomic mass is 79.9. The van der Waals surface area contributed by atoms with E-state index >= 15 is 0 Å². The van der Waals surface area contributed by atoms with Crippen LogP contribution in [0.3, 0.4) is 0 Å². The van der Waals surface area contributed by atoms with Gasteiger partial charge in [0.1, 0.15) is 0 Å². The Bertz CT molecular complexity index is 620. The molecule has 110 valence electrons. The van der Waals surface area contributed by atoms with Crippen molar-refractivity contribution in [2.24, 2.45) is 0 Å². The first-order valence-electron chi connectivity index (χ1n) is 7.28. The van der Waals surface area contributed by atoms with Crippen LogP contribution in [-0.2, 0) is 19.4 Å². The number of aryl methyl sites for hydroxylation is 2. The van der Waals surface area contributed by atoms with E-state index in [1.165, 1.54) is 16.7 Å². The minimum Gasteiger partial charge on any atom is -0.348 e. The van der Waals surface area contributed by atoms with Crippen LogP contribution in [0, 0.1) is 0 Å². The van der Waals surface area contributed by atoms with Crippen molar-refractivity contribution >= 4 is 21.8 Å². The largest absolute Gasteiger partial charge is 0.348 e. The van der Waals surface area contributed by atoms with Crippen LogP contribution < -0.4 is 5.32 Å². The average molecular weight is 346 g/mol. The molecule has 0 aliphatic carbocycles. The van der Waals surface area contributed by atoms with Crippen molar-refractivity contribution in [1.29, 1.82) is 0 Å². The van der Waals surface area contributed by atoms with E-state index in [9.17, 15) is 4.79 Å². The van der Waals surface area contributed by atoms with Gasteiger partial charge in [-0.1, -0.05) is 48.0 Å². The van der Waals surface area contributed by atoms with E-state index in [0.717, 1.165) is 17.3 Å². The Kier molecular flexibility index (Phi) is 5.57. The Labute approximate surface area is 134 Å². The molecule has 2 aromatic rings. The minimum absolute atomic E-state index is 0.0357. The van der Waals surface area contributed by atoms with E-state index in [1.54, 1.807) is 0 Å². The summed E-state index contributed by atoms with van der Waals surface area (Å²) < 4.78 is 0.975. The molecule has 0 radical (unpaired) electrons. The average Bonchev–Trinajstić information content (AvgIpc) is 2.52. The molecule has 0 bridgehead atoms. The molecular formula is C18H20BrNO. The van der Waals surface area contributed by atoms with Crippen molar-refractivity contribution in [2.75, 3.05) is 0 Å². The lowest BCUT2D eigenvalue weighted by atomic mass is 10.0. The van der Waals surface area contributed by atoms with E-state index in [-0.39, 0.29) is 5.91 Å². The number of carbonyl (C=O) groups excluding carboxylic acids is 1. The molecule has 2 rings (SSSR count). The van der Waals surface area contributed by atoms with E-state index in [2.05, 4.69) is 53.3 Å². The number of halogens is 1. The van der Waals surface area contributed by atoms with Crippen LogP contribution in [0.5, 0.6) is 0 Å². The SMILES string of the molecule is CCc1ccc(CC)c(CNC(=O)c2ccc(Br)cc2)c1. The summed E-state index contributed by atoms with van der Waals surface area (Å²) in [6, 6.07) is 13.9. The Morgan fingerprint density at radius 3 is 2.33 bits per heavy atom. The Balaban J connectivity index is 2.08. The molecule has 0 saturated carbocycles.